The summed E-state index contributed by atoms with van der Waals surface area (Å²) in [6.45, 7) is 0. The zero-order valence-electron chi connectivity index (χ0n) is 20.1. The minimum Gasteiger partial charge on any atom is -0.489 e. The predicted octanol–water partition coefficient (Wildman–Crippen LogP) is 6.83. The van der Waals surface area contributed by atoms with E-state index < -0.39 is 21.8 Å². The van der Waals surface area contributed by atoms with E-state index in [0.29, 0.717) is 0 Å². The monoisotopic (exact) mass is 558 g/mol. The van der Waals surface area contributed by atoms with Crippen molar-refractivity contribution >= 4 is 33.2 Å². The average Bonchev–Trinajstić information content (AvgIpc) is 3.36. The quantitative estimate of drug-likeness (QED) is 0.325. The van der Waals surface area contributed by atoms with Crippen molar-refractivity contribution in [2.24, 2.45) is 5.92 Å². The van der Waals surface area contributed by atoms with Gasteiger partial charge in [0.1, 0.15) is 11.9 Å². The molecule has 198 valence electrons. The van der Waals surface area contributed by atoms with Crippen LogP contribution < -0.4 is 14.8 Å². The number of alkyl halides is 3. The molecule has 0 saturated carbocycles. The van der Waals surface area contributed by atoms with Crippen LogP contribution in [-0.2, 0) is 16.2 Å². The van der Waals surface area contributed by atoms with E-state index in [2.05, 4.69) is 34.3 Å². The van der Waals surface area contributed by atoms with Gasteiger partial charge in [-0.1, -0.05) is 30.4 Å². The number of nitrogens with one attached hydrogen (secondary N) is 2. The van der Waals surface area contributed by atoms with Crippen molar-refractivity contribution in [3.05, 3.63) is 95.6 Å². The van der Waals surface area contributed by atoms with Crippen LogP contribution in [0.15, 0.2) is 83.8 Å². The summed E-state index contributed by atoms with van der Waals surface area (Å²) in [7, 11) is -4.10. The van der Waals surface area contributed by atoms with E-state index in [9.17, 15) is 21.6 Å². The Balaban J connectivity index is 1.25. The van der Waals surface area contributed by atoms with Gasteiger partial charge in [-0.25, -0.2) is 8.42 Å². The Morgan fingerprint density at radius 1 is 1.00 bits per heavy atom. The topological polar surface area (TPSA) is 67.4 Å². The number of rotatable bonds is 6. The van der Waals surface area contributed by atoms with Crippen LogP contribution in [0.4, 0.5) is 24.5 Å². The predicted molar refractivity (Wildman–Crippen MR) is 143 cm³/mol. The Hall–Kier alpha value is -3.11. The van der Waals surface area contributed by atoms with Crippen molar-refractivity contribution in [2.45, 2.75) is 35.6 Å². The fourth-order valence-electron chi connectivity index (χ4n) is 5.27. The second kappa shape index (κ2) is 9.57. The van der Waals surface area contributed by atoms with Gasteiger partial charge in [0.2, 0.25) is 0 Å². The van der Waals surface area contributed by atoms with Crippen LogP contribution in [0, 0.1) is 5.92 Å². The van der Waals surface area contributed by atoms with E-state index in [0.717, 1.165) is 52.6 Å². The van der Waals surface area contributed by atoms with Crippen molar-refractivity contribution in [3.8, 4) is 5.75 Å². The van der Waals surface area contributed by atoms with Crippen LogP contribution in [0.1, 0.15) is 35.1 Å². The number of fused-ring (bicyclic) bond motifs is 3. The maximum Gasteiger partial charge on any atom is 0.416 e. The molecule has 38 heavy (non-hydrogen) atoms. The highest BCUT2D eigenvalue weighted by Crippen LogP contribution is 2.50. The van der Waals surface area contributed by atoms with Gasteiger partial charge >= 0.3 is 6.18 Å². The molecule has 0 bridgehead atoms. The van der Waals surface area contributed by atoms with Crippen molar-refractivity contribution in [2.75, 3.05) is 21.5 Å². The maximum atomic E-state index is 13.1. The highest BCUT2D eigenvalue weighted by Gasteiger charge is 2.38. The summed E-state index contributed by atoms with van der Waals surface area (Å²) in [6.07, 6.45) is 0.788. The van der Waals surface area contributed by atoms with E-state index in [1.165, 1.54) is 18.2 Å². The Labute approximate surface area is 223 Å². The molecule has 2 aliphatic heterocycles. The SMILES string of the molecule is O=S(=O)(Nc1cccc(C(F)(F)F)c1)c1ccc2c(c1)[C@H]1C=CC[C@H]1[C@@H](c1ccc(OC3CSC3)cc1)N2. The fraction of sp³-hybridized carbons (Fsp3) is 0.286. The van der Waals surface area contributed by atoms with E-state index in [1.807, 2.05) is 23.9 Å². The van der Waals surface area contributed by atoms with Gasteiger partial charge in [-0.05, 0) is 72.0 Å². The molecule has 3 atom stereocenters. The Morgan fingerprint density at radius 2 is 1.79 bits per heavy atom. The molecule has 0 radical (unpaired) electrons. The van der Waals surface area contributed by atoms with Crippen LogP contribution in [0.3, 0.4) is 0 Å². The van der Waals surface area contributed by atoms with Crippen LogP contribution >= 0.6 is 11.8 Å². The molecule has 0 spiro atoms. The second-order valence-electron chi connectivity index (χ2n) is 9.75. The van der Waals surface area contributed by atoms with Crippen LogP contribution in [0.25, 0.3) is 0 Å². The van der Waals surface area contributed by atoms with Crippen molar-refractivity contribution in [1.29, 1.82) is 0 Å². The van der Waals surface area contributed by atoms with Crippen molar-refractivity contribution in [3.63, 3.8) is 0 Å². The number of hydrogen-bond acceptors (Lipinski definition) is 5. The van der Waals surface area contributed by atoms with Crippen LogP contribution in [0.5, 0.6) is 5.75 Å². The van der Waals surface area contributed by atoms with Crippen molar-refractivity contribution < 1.29 is 26.3 Å². The standard InChI is InChI=1S/C28H25F3N2O3S2/c29-28(30,31)18-3-1-4-19(13-18)33-38(34,35)22-11-12-26-25(14-22)23-5-2-6-24(23)27(32-26)17-7-9-20(10-8-17)36-21-15-37-16-21/h1-5,7-14,21,23-24,27,32-33H,6,15-16H2/t23-,24+,27+/m0/s1. The van der Waals surface area contributed by atoms with Gasteiger partial charge in [-0.3, -0.25) is 4.72 Å². The summed E-state index contributed by atoms with van der Waals surface area (Å²) >= 11 is 1.87. The molecule has 1 fully saturated rings. The average molecular weight is 559 g/mol. The normalized spacial score (nSPS) is 22.7. The minimum atomic E-state index is -4.57. The summed E-state index contributed by atoms with van der Waals surface area (Å²) in [4.78, 5) is 0.00335. The van der Waals surface area contributed by atoms with Gasteiger partial charge in [0.05, 0.1) is 16.5 Å². The summed E-state index contributed by atoms with van der Waals surface area (Å²) in [5.41, 5.74) is 1.77. The van der Waals surface area contributed by atoms with Crippen LogP contribution in [0.2, 0.25) is 0 Å². The number of anilines is 2. The van der Waals surface area contributed by atoms with Gasteiger partial charge in [0.15, 0.2) is 0 Å². The zero-order chi connectivity index (χ0) is 26.5. The van der Waals surface area contributed by atoms with Gasteiger partial charge < -0.3 is 10.1 Å². The van der Waals surface area contributed by atoms with E-state index >= 15 is 0 Å². The van der Waals surface area contributed by atoms with Gasteiger partial charge in [0, 0.05) is 28.8 Å². The highest BCUT2D eigenvalue weighted by molar-refractivity contribution is 8.00. The molecule has 0 amide bonds. The number of hydrogen-bond donors (Lipinski definition) is 2. The first-order valence-electron chi connectivity index (χ1n) is 12.3. The molecular weight excluding hydrogens is 533 g/mol. The van der Waals surface area contributed by atoms with E-state index in [4.69, 9.17) is 4.74 Å². The molecule has 0 unspecified atom stereocenters. The fourth-order valence-corrected chi connectivity index (χ4v) is 6.92. The molecule has 6 rings (SSSR count). The molecule has 10 heteroatoms. The zero-order valence-corrected chi connectivity index (χ0v) is 21.7. The summed E-state index contributed by atoms with van der Waals surface area (Å²) in [5.74, 6) is 3.12. The van der Waals surface area contributed by atoms with Crippen molar-refractivity contribution in [1.82, 2.24) is 0 Å². The lowest BCUT2D eigenvalue weighted by Crippen LogP contribution is -2.31. The number of ether oxygens (including phenoxy) is 1. The second-order valence-corrected chi connectivity index (χ2v) is 12.5. The molecule has 3 aromatic rings. The number of sulfonamides is 1. The van der Waals surface area contributed by atoms with E-state index in [1.54, 1.807) is 12.1 Å². The van der Waals surface area contributed by atoms with Gasteiger partial charge in [-0.2, -0.15) is 24.9 Å². The van der Waals surface area contributed by atoms with Crippen LogP contribution in [-0.4, -0.2) is 26.0 Å². The molecular formula is C28H25F3N2O3S2. The first-order valence-corrected chi connectivity index (χ1v) is 14.9. The largest absolute Gasteiger partial charge is 0.489 e. The highest BCUT2D eigenvalue weighted by atomic mass is 32.2. The minimum absolute atomic E-state index is 0.00335. The third kappa shape index (κ3) is 4.87. The molecule has 3 aliphatic rings. The van der Waals surface area contributed by atoms with E-state index in [-0.39, 0.29) is 34.6 Å². The summed E-state index contributed by atoms with van der Waals surface area (Å²) in [5, 5.41) is 3.60. The smallest absolute Gasteiger partial charge is 0.416 e. The first-order chi connectivity index (χ1) is 18.2. The first kappa shape index (κ1) is 25.2. The Bertz CT molecular complexity index is 1490. The molecule has 2 N–H and O–H groups in total. The maximum absolute atomic E-state index is 13.1. The molecule has 1 aliphatic carbocycles. The Morgan fingerprint density at radius 3 is 2.50 bits per heavy atom. The lowest BCUT2D eigenvalue weighted by Gasteiger charge is -2.38. The molecule has 3 aromatic carbocycles. The lowest BCUT2D eigenvalue weighted by atomic mass is 9.77. The lowest BCUT2D eigenvalue weighted by molar-refractivity contribution is -0.137. The summed E-state index contributed by atoms with van der Waals surface area (Å²) in [6, 6.07) is 17.2. The van der Waals surface area contributed by atoms with Gasteiger partial charge in [0.25, 0.3) is 10.0 Å². The third-order valence-corrected chi connectivity index (χ3v) is 9.83. The number of thioether (sulfide) groups is 1. The molecule has 0 aromatic heterocycles. The number of benzene rings is 3. The third-order valence-electron chi connectivity index (χ3n) is 7.24. The molecule has 5 nitrogen and oxygen atoms in total. The molecule has 1 saturated heterocycles. The number of halogens is 3. The van der Waals surface area contributed by atoms with Gasteiger partial charge in [-0.15, -0.1) is 0 Å². The Kier molecular flexibility index (Phi) is 6.34. The molecule has 2 heterocycles. The summed E-state index contributed by atoms with van der Waals surface area (Å²) < 4.78 is 73.7. The number of allylic oxidation sites excluding steroid dienone is 2.